The Hall–Kier alpha value is -2.16. The summed E-state index contributed by atoms with van der Waals surface area (Å²) in [6.45, 7) is 0. The summed E-state index contributed by atoms with van der Waals surface area (Å²) < 4.78 is 18.1. The molecule has 0 unspecified atom stereocenters. The van der Waals surface area contributed by atoms with Gasteiger partial charge >= 0.3 is 18.0 Å². The third kappa shape index (κ3) is 5.03. The van der Waals surface area contributed by atoms with Crippen LogP contribution >= 0.6 is 15.9 Å². The predicted molar refractivity (Wildman–Crippen MR) is 74.3 cm³/mol. The maximum Gasteiger partial charge on any atom is 0.326 e. The first-order valence-electron chi connectivity index (χ1n) is 5.66. The van der Waals surface area contributed by atoms with Crippen LogP contribution in [0.5, 0.6) is 0 Å². The van der Waals surface area contributed by atoms with Gasteiger partial charge in [0.1, 0.15) is 11.9 Å². The molecule has 0 aliphatic carbocycles. The van der Waals surface area contributed by atoms with Gasteiger partial charge in [0.15, 0.2) is 0 Å². The molecule has 1 rings (SSSR count). The molecule has 0 aliphatic heterocycles. The first kappa shape index (κ1) is 16.9. The summed E-state index contributed by atoms with van der Waals surface area (Å²) in [5.41, 5.74) is -0.141. The molecule has 1 aromatic rings. The van der Waals surface area contributed by atoms with Crippen molar-refractivity contribution in [3.8, 4) is 0 Å². The third-order valence-corrected chi connectivity index (χ3v) is 3.06. The van der Waals surface area contributed by atoms with Crippen LogP contribution in [0.3, 0.4) is 0 Å². The number of esters is 1. The Kier molecular flexibility index (Phi) is 6.10. The van der Waals surface area contributed by atoms with Crippen molar-refractivity contribution in [2.45, 2.75) is 12.5 Å². The van der Waals surface area contributed by atoms with Gasteiger partial charge in [0.2, 0.25) is 0 Å². The zero-order valence-corrected chi connectivity index (χ0v) is 12.4. The zero-order valence-electron chi connectivity index (χ0n) is 10.9. The van der Waals surface area contributed by atoms with E-state index < -0.39 is 36.2 Å². The highest BCUT2D eigenvalue weighted by molar-refractivity contribution is 9.10. The fraction of sp³-hybridized carbons (Fsp3) is 0.250. The quantitative estimate of drug-likeness (QED) is 0.691. The number of nitrogens with one attached hydrogen (secondary N) is 2. The van der Waals surface area contributed by atoms with Gasteiger partial charge in [-0.05, 0) is 28.1 Å². The van der Waals surface area contributed by atoms with Gasteiger partial charge in [-0.25, -0.2) is 14.0 Å². The molecule has 0 aromatic heterocycles. The minimum atomic E-state index is -1.48. The maximum absolute atomic E-state index is 13.5. The number of para-hydroxylation sites is 1. The highest BCUT2D eigenvalue weighted by Gasteiger charge is 2.24. The molecule has 0 radical (unpaired) electrons. The summed E-state index contributed by atoms with van der Waals surface area (Å²) in [7, 11) is 1.10. The summed E-state index contributed by atoms with van der Waals surface area (Å²) in [4.78, 5) is 33.7. The van der Waals surface area contributed by atoms with Crippen molar-refractivity contribution in [1.29, 1.82) is 0 Å². The second-order valence-electron chi connectivity index (χ2n) is 3.87. The molecule has 0 spiro atoms. The molecule has 1 atom stereocenters. The number of ether oxygens (including phenoxy) is 1. The number of hydrogen-bond acceptors (Lipinski definition) is 4. The second kappa shape index (κ2) is 7.58. The molecular formula is C12H12BrFN2O5. The molecule has 114 valence electrons. The average Bonchev–Trinajstić information content (AvgIpc) is 2.42. The van der Waals surface area contributed by atoms with E-state index in [9.17, 15) is 18.8 Å². The van der Waals surface area contributed by atoms with Crippen LogP contribution in [0.15, 0.2) is 22.7 Å². The number of aliphatic carboxylic acids is 1. The Labute approximate surface area is 127 Å². The maximum atomic E-state index is 13.5. The summed E-state index contributed by atoms with van der Waals surface area (Å²) in [5, 5.41) is 13.1. The lowest BCUT2D eigenvalue weighted by Crippen LogP contribution is -2.44. The normalized spacial score (nSPS) is 11.4. The number of carbonyl (C=O) groups is 3. The van der Waals surface area contributed by atoms with Gasteiger partial charge in [-0.1, -0.05) is 6.07 Å². The lowest BCUT2D eigenvalue weighted by atomic mass is 10.2. The van der Waals surface area contributed by atoms with E-state index in [2.05, 4.69) is 26.0 Å². The number of halogens is 2. The van der Waals surface area contributed by atoms with Gasteiger partial charge in [0.05, 0.1) is 19.2 Å². The van der Waals surface area contributed by atoms with Crippen molar-refractivity contribution in [2.24, 2.45) is 0 Å². The number of urea groups is 1. The Balaban J connectivity index is 2.74. The number of methoxy groups -OCH3 is 1. The molecule has 7 nitrogen and oxygen atoms in total. The summed E-state index contributed by atoms with van der Waals surface area (Å²) >= 11 is 3.05. The monoisotopic (exact) mass is 362 g/mol. The van der Waals surface area contributed by atoms with Crippen LogP contribution in [0.1, 0.15) is 6.42 Å². The minimum Gasteiger partial charge on any atom is -0.480 e. The van der Waals surface area contributed by atoms with E-state index >= 15 is 0 Å². The first-order valence-corrected chi connectivity index (χ1v) is 6.45. The van der Waals surface area contributed by atoms with Crippen LogP contribution in [0, 0.1) is 5.82 Å². The number of carboxylic acid groups (broad SMARTS) is 1. The topological polar surface area (TPSA) is 105 Å². The number of amides is 2. The predicted octanol–water partition coefficient (Wildman–Crippen LogP) is 1.73. The molecule has 3 N–H and O–H groups in total. The van der Waals surface area contributed by atoms with E-state index in [1.54, 1.807) is 0 Å². The molecule has 0 bridgehead atoms. The van der Waals surface area contributed by atoms with E-state index in [0.29, 0.717) is 0 Å². The largest absolute Gasteiger partial charge is 0.480 e. The molecule has 2 amide bonds. The summed E-state index contributed by atoms with van der Waals surface area (Å²) in [6, 6.07) is 1.62. The highest BCUT2D eigenvalue weighted by atomic mass is 79.9. The zero-order chi connectivity index (χ0) is 16.0. The third-order valence-electron chi connectivity index (χ3n) is 2.40. The minimum absolute atomic E-state index is 0.141. The van der Waals surface area contributed by atoms with Crippen LogP contribution in [0.4, 0.5) is 14.9 Å². The molecule has 1 aromatic carbocycles. The van der Waals surface area contributed by atoms with Gasteiger partial charge < -0.3 is 20.5 Å². The highest BCUT2D eigenvalue weighted by Crippen LogP contribution is 2.24. The molecule has 9 heteroatoms. The summed E-state index contributed by atoms with van der Waals surface area (Å²) in [6.07, 6.45) is -0.544. The lowest BCUT2D eigenvalue weighted by molar-refractivity contribution is -0.147. The van der Waals surface area contributed by atoms with Crippen molar-refractivity contribution in [3.63, 3.8) is 0 Å². The van der Waals surface area contributed by atoms with E-state index in [1.807, 2.05) is 5.32 Å². The molecule has 0 fully saturated rings. The number of carbonyl (C=O) groups excluding carboxylic acids is 2. The van der Waals surface area contributed by atoms with E-state index in [4.69, 9.17) is 5.11 Å². The van der Waals surface area contributed by atoms with Crippen LogP contribution in [0.25, 0.3) is 0 Å². The van der Waals surface area contributed by atoms with Gasteiger partial charge in [-0.3, -0.25) is 4.79 Å². The number of benzene rings is 1. The van der Waals surface area contributed by atoms with E-state index in [1.165, 1.54) is 12.1 Å². The smallest absolute Gasteiger partial charge is 0.326 e. The Morgan fingerprint density at radius 2 is 2.10 bits per heavy atom. The molecule has 21 heavy (non-hydrogen) atoms. The van der Waals surface area contributed by atoms with Crippen molar-refractivity contribution < 1.29 is 28.6 Å². The Morgan fingerprint density at radius 3 is 2.62 bits per heavy atom. The number of rotatable bonds is 5. The van der Waals surface area contributed by atoms with Crippen molar-refractivity contribution >= 4 is 39.6 Å². The van der Waals surface area contributed by atoms with Gasteiger partial charge in [-0.15, -0.1) is 0 Å². The second-order valence-corrected chi connectivity index (χ2v) is 4.72. The molecule has 0 aliphatic rings. The molecule has 0 saturated heterocycles. The van der Waals surface area contributed by atoms with Gasteiger partial charge in [0, 0.05) is 4.47 Å². The van der Waals surface area contributed by atoms with Crippen molar-refractivity contribution in [1.82, 2.24) is 5.32 Å². The van der Waals surface area contributed by atoms with Gasteiger partial charge in [0.25, 0.3) is 0 Å². The fourth-order valence-electron chi connectivity index (χ4n) is 1.38. The fourth-order valence-corrected chi connectivity index (χ4v) is 1.82. The van der Waals surface area contributed by atoms with Crippen molar-refractivity contribution in [2.75, 3.05) is 12.4 Å². The number of hydrogen-bond donors (Lipinski definition) is 3. The van der Waals surface area contributed by atoms with Crippen LogP contribution in [-0.2, 0) is 14.3 Å². The Bertz CT molecular complexity index is 546. The Morgan fingerprint density at radius 1 is 1.43 bits per heavy atom. The number of anilines is 1. The van der Waals surface area contributed by atoms with E-state index in [0.717, 1.165) is 13.2 Å². The molecular weight excluding hydrogens is 351 g/mol. The van der Waals surface area contributed by atoms with Crippen LogP contribution in [-0.4, -0.2) is 36.2 Å². The van der Waals surface area contributed by atoms with Crippen LogP contribution in [0.2, 0.25) is 0 Å². The SMILES string of the molecule is COC(=O)C[C@H](NC(=O)Nc1c(F)cccc1Br)C(=O)O. The van der Waals surface area contributed by atoms with E-state index in [-0.39, 0.29) is 10.2 Å². The standard InChI is InChI=1S/C12H12BrFN2O5/c1-21-9(17)5-8(11(18)19)15-12(20)16-10-6(13)3-2-4-7(10)14/h2-4,8H,5H2,1H3,(H,18,19)(H2,15,16,20)/t8-/m0/s1. The lowest BCUT2D eigenvalue weighted by Gasteiger charge is -2.15. The summed E-state index contributed by atoms with van der Waals surface area (Å²) in [5.74, 6) is -2.91. The molecule has 0 heterocycles. The van der Waals surface area contributed by atoms with Gasteiger partial charge in [-0.2, -0.15) is 0 Å². The first-order chi connectivity index (χ1) is 9.85. The average molecular weight is 363 g/mol. The van der Waals surface area contributed by atoms with Crippen LogP contribution < -0.4 is 10.6 Å². The van der Waals surface area contributed by atoms with Crippen molar-refractivity contribution in [3.05, 3.63) is 28.5 Å². The molecule has 0 saturated carbocycles. The number of carboxylic acids is 1.